The molecule has 1 aliphatic heterocycles. The molecule has 0 bridgehead atoms. The fourth-order valence-electron chi connectivity index (χ4n) is 5.88. The number of rotatable bonds is 6. The Bertz CT molecular complexity index is 915. The number of nitrogens with two attached hydrogens (primary N) is 1. The molecule has 1 saturated heterocycles. The summed E-state index contributed by atoms with van der Waals surface area (Å²) in [6, 6.07) is 7.52. The van der Waals surface area contributed by atoms with Crippen molar-refractivity contribution >= 4 is 29.3 Å². The number of hydrogen-bond donors (Lipinski definition) is 3. The van der Waals surface area contributed by atoms with E-state index < -0.39 is 6.04 Å². The van der Waals surface area contributed by atoms with Crippen LogP contribution in [0.4, 0.5) is 0 Å². The third-order valence-corrected chi connectivity index (χ3v) is 8.12. The van der Waals surface area contributed by atoms with Crippen molar-refractivity contribution in [3.05, 3.63) is 34.9 Å². The number of likely N-dealkylation sites (tertiary alicyclic amines) is 1. The van der Waals surface area contributed by atoms with E-state index in [0.29, 0.717) is 25.4 Å². The van der Waals surface area contributed by atoms with E-state index in [9.17, 15) is 9.59 Å². The van der Waals surface area contributed by atoms with Crippen LogP contribution < -0.4 is 16.6 Å². The second-order valence-corrected chi connectivity index (χ2v) is 11.6. The lowest BCUT2D eigenvalue weighted by Gasteiger charge is -2.46. The number of hydrazine groups is 1. The number of nitrogens with one attached hydrogen (secondary N) is 2. The zero-order chi connectivity index (χ0) is 25.8. The molecule has 8 heteroatoms. The monoisotopic (exact) mass is 503 g/mol. The maximum absolute atomic E-state index is 13.6. The number of hydrogen-bond acceptors (Lipinski definition) is 4. The Morgan fingerprint density at radius 2 is 1.80 bits per heavy atom. The number of piperidine rings is 1. The smallest absolute Gasteiger partial charge is 0.245 e. The highest BCUT2D eigenvalue weighted by Gasteiger charge is 2.41. The second kappa shape index (κ2) is 11.7. The van der Waals surface area contributed by atoms with E-state index in [-0.39, 0.29) is 35.0 Å². The molecule has 0 aromatic heterocycles. The number of amidine groups is 1. The summed E-state index contributed by atoms with van der Waals surface area (Å²) in [5, 5.41) is 3.85. The van der Waals surface area contributed by atoms with Gasteiger partial charge in [0.15, 0.2) is 0 Å². The van der Waals surface area contributed by atoms with Crippen molar-refractivity contribution in [2.75, 3.05) is 20.1 Å². The lowest BCUT2D eigenvalue weighted by molar-refractivity contribution is -0.141. The van der Waals surface area contributed by atoms with Crippen LogP contribution in [0.15, 0.2) is 29.3 Å². The molecule has 7 nitrogen and oxygen atoms in total. The van der Waals surface area contributed by atoms with Gasteiger partial charge in [0, 0.05) is 37.0 Å². The summed E-state index contributed by atoms with van der Waals surface area (Å²) in [5.74, 6) is 6.69. The average Bonchev–Trinajstić information content (AvgIpc) is 2.83. The van der Waals surface area contributed by atoms with Crippen LogP contribution in [0.3, 0.4) is 0 Å². The Labute approximate surface area is 215 Å². The Morgan fingerprint density at radius 3 is 2.37 bits per heavy atom. The fraction of sp³-hybridized carbons (Fsp3) is 0.667. The molecule has 4 atom stereocenters. The molecule has 1 aromatic carbocycles. The molecule has 0 spiro atoms. The normalized spacial score (nSPS) is 25.8. The van der Waals surface area contributed by atoms with E-state index in [4.69, 9.17) is 17.4 Å². The topological polar surface area (TPSA) is 99.8 Å². The fourth-order valence-corrected chi connectivity index (χ4v) is 6.01. The van der Waals surface area contributed by atoms with E-state index >= 15 is 0 Å². The lowest BCUT2D eigenvalue weighted by Crippen LogP contribution is -2.56. The number of carbonyl (C=O) groups is 2. The van der Waals surface area contributed by atoms with Gasteiger partial charge in [-0.3, -0.25) is 14.6 Å². The van der Waals surface area contributed by atoms with Crippen LogP contribution in [0.1, 0.15) is 71.3 Å². The van der Waals surface area contributed by atoms with Gasteiger partial charge in [0.2, 0.25) is 11.8 Å². The van der Waals surface area contributed by atoms with Gasteiger partial charge in [-0.2, -0.15) is 0 Å². The van der Waals surface area contributed by atoms with Crippen LogP contribution in [0.5, 0.6) is 0 Å². The molecule has 1 saturated carbocycles. The number of halogens is 1. The molecule has 35 heavy (non-hydrogen) atoms. The van der Waals surface area contributed by atoms with Crippen LogP contribution in [0, 0.1) is 23.2 Å². The van der Waals surface area contributed by atoms with E-state index in [1.807, 2.05) is 30.9 Å². The van der Waals surface area contributed by atoms with Crippen LogP contribution in [-0.2, 0) is 9.59 Å². The van der Waals surface area contributed by atoms with E-state index in [1.54, 1.807) is 7.05 Å². The summed E-state index contributed by atoms with van der Waals surface area (Å²) < 4.78 is 0. The number of benzene rings is 1. The molecule has 1 heterocycles. The van der Waals surface area contributed by atoms with Gasteiger partial charge in [-0.25, -0.2) is 5.84 Å². The standard InChI is InChI=1S/C27H42ClN5O2/c1-17(2)23(31-25(34)20-8-6-7-19(15-20)24(30-5)32-29)26(35)33-14-13-22(27(3,4)16-33)18-9-11-21(28)12-10-18/h9-12,17,19-20,22-23H,6-8,13-16,29H2,1-5H3,(H,30,32)(H,31,34)/t19-,20+,22?,23?/m0/s1. The number of aliphatic imine (C=N–C) groups is 1. The Balaban J connectivity index is 1.66. The minimum atomic E-state index is -0.530. The van der Waals surface area contributed by atoms with Gasteiger partial charge in [0.25, 0.3) is 0 Å². The molecule has 2 amide bonds. The number of amides is 2. The molecular weight excluding hydrogens is 462 g/mol. The summed E-state index contributed by atoms with van der Waals surface area (Å²) in [7, 11) is 1.71. The minimum Gasteiger partial charge on any atom is -0.344 e. The second-order valence-electron chi connectivity index (χ2n) is 11.2. The first-order chi connectivity index (χ1) is 16.6. The summed E-state index contributed by atoms with van der Waals surface area (Å²) in [5.41, 5.74) is 3.85. The van der Waals surface area contributed by atoms with Gasteiger partial charge in [-0.15, -0.1) is 0 Å². The third-order valence-electron chi connectivity index (χ3n) is 7.86. The summed E-state index contributed by atoms with van der Waals surface area (Å²) in [6.45, 7) is 9.77. The Morgan fingerprint density at radius 1 is 1.14 bits per heavy atom. The van der Waals surface area contributed by atoms with Gasteiger partial charge >= 0.3 is 0 Å². The zero-order valence-corrected chi connectivity index (χ0v) is 22.6. The zero-order valence-electron chi connectivity index (χ0n) is 21.8. The Hall–Kier alpha value is -2.12. The minimum absolute atomic E-state index is 0.00131. The molecule has 2 aliphatic rings. The van der Waals surface area contributed by atoms with Gasteiger partial charge in [0.05, 0.1) is 0 Å². The largest absolute Gasteiger partial charge is 0.344 e. The average molecular weight is 504 g/mol. The van der Waals surface area contributed by atoms with Crippen LogP contribution in [0.25, 0.3) is 0 Å². The van der Waals surface area contributed by atoms with E-state index in [1.165, 1.54) is 5.56 Å². The number of nitrogens with zero attached hydrogens (tertiary/aromatic N) is 2. The molecule has 2 fully saturated rings. The molecule has 0 radical (unpaired) electrons. The lowest BCUT2D eigenvalue weighted by atomic mass is 9.70. The van der Waals surface area contributed by atoms with Crippen molar-refractivity contribution in [3.63, 3.8) is 0 Å². The van der Waals surface area contributed by atoms with Crippen molar-refractivity contribution in [1.29, 1.82) is 0 Å². The van der Waals surface area contributed by atoms with Crippen molar-refractivity contribution in [3.8, 4) is 0 Å². The predicted molar refractivity (Wildman–Crippen MR) is 142 cm³/mol. The molecule has 1 aliphatic carbocycles. The van der Waals surface area contributed by atoms with Crippen molar-refractivity contribution in [2.45, 2.75) is 71.8 Å². The van der Waals surface area contributed by atoms with Crippen LogP contribution in [-0.4, -0.2) is 48.7 Å². The van der Waals surface area contributed by atoms with Crippen LogP contribution in [0.2, 0.25) is 5.02 Å². The molecule has 4 N–H and O–H groups in total. The van der Waals surface area contributed by atoms with Gasteiger partial charge in [-0.1, -0.05) is 57.8 Å². The van der Waals surface area contributed by atoms with Gasteiger partial charge in [0.1, 0.15) is 11.9 Å². The SMILES string of the molecule is CN=C(NN)[C@H]1CCC[C@@H](C(=O)NC(C(=O)N2CCC(c3ccc(Cl)cc3)C(C)(C)C2)C(C)C)C1. The first kappa shape index (κ1) is 27.5. The highest BCUT2D eigenvalue weighted by Crippen LogP contribution is 2.42. The van der Waals surface area contributed by atoms with Crippen molar-refractivity contribution < 1.29 is 9.59 Å². The predicted octanol–water partition coefficient (Wildman–Crippen LogP) is 4.12. The molecule has 1 aromatic rings. The Kier molecular flexibility index (Phi) is 9.22. The molecule has 3 rings (SSSR count). The maximum Gasteiger partial charge on any atom is 0.245 e. The van der Waals surface area contributed by atoms with E-state index in [0.717, 1.165) is 36.5 Å². The first-order valence-corrected chi connectivity index (χ1v) is 13.2. The highest BCUT2D eigenvalue weighted by molar-refractivity contribution is 6.30. The summed E-state index contributed by atoms with van der Waals surface area (Å²) in [4.78, 5) is 33.1. The van der Waals surface area contributed by atoms with Gasteiger partial charge < -0.3 is 15.6 Å². The quantitative estimate of drug-likeness (QED) is 0.235. The first-order valence-electron chi connectivity index (χ1n) is 12.8. The molecule has 194 valence electrons. The summed E-state index contributed by atoms with van der Waals surface area (Å²) >= 11 is 6.08. The van der Waals surface area contributed by atoms with Crippen molar-refractivity contribution in [2.24, 2.45) is 34.0 Å². The number of carbonyl (C=O) groups excluding carboxylic acids is 2. The third kappa shape index (κ3) is 6.56. The molecule has 2 unspecified atom stereocenters. The highest BCUT2D eigenvalue weighted by atomic mass is 35.5. The van der Waals surface area contributed by atoms with Gasteiger partial charge in [-0.05, 0) is 60.6 Å². The van der Waals surface area contributed by atoms with Crippen molar-refractivity contribution in [1.82, 2.24) is 15.6 Å². The maximum atomic E-state index is 13.6. The van der Waals surface area contributed by atoms with Crippen LogP contribution >= 0.6 is 11.6 Å². The molecular formula is C27H42ClN5O2. The summed E-state index contributed by atoms with van der Waals surface area (Å²) in [6.07, 6.45) is 4.30. The van der Waals surface area contributed by atoms with E-state index in [2.05, 4.69) is 41.7 Å².